The lowest BCUT2D eigenvalue weighted by Gasteiger charge is -2.22. The Balaban J connectivity index is 2.12. The lowest BCUT2D eigenvalue weighted by atomic mass is 9.84. The topological polar surface area (TPSA) is 46.5 Å². The first-order valence-corrected chi connectivity index (χ1v) is 4.25. The van der Waals surface area contributed by atoms with Gasteiger partial charge in [0.15, 0.2) is 0 Å². The van der Waals surface area contributed by atoms with Crippen molar-refractivity contribution in [3.8, 4) is 0 Å². The summed E-state index contributed by atoms with van der Waals surface area (Å²) in [5.74, 6) is -0.342. The summed E-state index contributed by atoms with van der Waals surface area (Å²) in [7, 11) is 0. The second kappa shape index (κ2) is 4.26. The van der Waals surface area contributed by atoms with Crippen molar-refractivity contribution in [1.29, 1.82) is 0 Å². The Morgan fingerprint density at radius 3 is 3.00 bits per heavy atom. The predicted molar refractivity (Wildman–Crippen MR) is 44.9 cm³/mol. The maximum atomic E-state index is 10.4. The summed E-state index contributed by atoms with van der Waals surface area (Å²) in [6.07, 6.45) is 3.48. The maximum absolute atomic E-state index is 10.4. The number of carboxylic acid groups (broad SMARTS) is 1. The molecule has 0 fully saturated rings. The van der Waals surface area contributed by atoms with Gasteiger partial charge in [-0.3, -0.25) is 0 Å². The average Bonchev–Trinajstić information content (AvgIpc) is 1.93. The Kier molecular flexibility index (Phi) is 3.29. The van der Waals surface area contributed by atoms with Gasteiger partial charge in [-0.2, -0.15) is 0 Å². The van der Waals surface area contributed by atoms with E-state index in [4.69, 9.17) is 9.84 Å². The summed E-state index contributed by atoms with van der Waals surface area (Å²) < 4.78 is 5.16. The molecule has 0 saturated carbocycles. The summed E-state index contributed by atoms with van der Waals surface area (Å²) in [4.78, 5) is 10.4. The molecule has 1 atom stereocenters. The number of ether oxygens (including phenoxy) is 1. The van der Waals surface area contributed by atoms with E-state index in [1.807, 2.05) is 13.0 Å². The molecule has 12 heavy (non-hydrogen) atoms. The van der Waals surface area contributed by atoms with E-state index in [0.29, 0.717) is 17.9 Å². The minimum Gasteiger partial charge on any atom is -0.478 e. The Hall–Kier alpha value is -0.830. The van der Waals surface area contributed by atoms with Gasteiger partial charge < -0.3 is 9.84 Å². The molecular weight excluding hydrogens is 156 g/mol. The fourth-order valence-electron chi connectivity index (χ4n) is 1.26. The van der Waals surface area contributed by atoms with Crippen LogP contribution in [0, 0.1) is 5.92 Å². The second-order valence-electron chi connectivity index (χ2n) is 2.95. The summed E-state index contributed by atoms with van der Waals surface area (Å²) in [5.41, 5.74) is 0.552. The van der Waals surface area contributed by atoms with Crippen molar-refractivity contribution >= 4 is 5.97 Å². The Bertz CT molecular complexity index is 196. The minimum absolute atomic E-state index is 0.433. The summed E-state index contributed by atoms with van der Waals surface area (Å²) >= 11 is 0. The van der Waals surface area contributed by atoms with Crippen LogP contribution in [-0.4, -0.2) is 24.3 Å². The van der Waals surface area contributed by atoms with Crippen molar-refractivity contribution in [2.45, 2.75) is 19.8 Å². The average molecular weight is 170 g/mol. The molecule has 68 valence electrons. The molecule has 1 unspecified atom stereocenters. The molecule has 0 aliphatic heterocycles. The van der Waals surface area contributed by atoms with Gasteiger partial charge in [-0.15, -0.1) is 0 Å². The normalized spacial score (nSPS) is 21.4. The quantitative estimate of drug-likeness (QED) is 0.635. The van der Waals surface area contributed by atoms with Crippen LogP contribution in [0.25, 0.3) is 0 Å². The van der Waals surface area contributed by atoms with E-state index in [0.717, 1.165) is 19.6 Å². The monoisotopic (exact) mass is 170 g/mol. The van der Waals surface area contributed by atoms with E-state index < -0.39 is 5.97 Å². The third-order valence-corrected chi connectivity index (χ3v) is 2.03. The summed E-state index contributed by atoms with van der Waals surface area (Å²) in [5, 5.41) is 8.52. The van der Waals surface area contributed by atoms with Gasteiger partial charge in [-0.1, -0.05) is 6.08 Å². The van der Waals surface area contributed by atoms with Crippen LogP contribution < -0.4 is 0 Å². The van der Waals surface area contributed by atoms with Crippen LogP contribution in [0.4, 0.5) is 0 Å². The number of carbonyl (C=O) groups is 1. The fourth-order valence-corrected chi connectivity index (χ4v) is 1.26. The molecule has 0 aromatic heterocycles. The number of hydrogen-bond acceptors (Lipinski definition) is 2. The van der Waals surface area contributed by atoms with Gasteiger partial charge in [0.2, 0.25) is 0 Å². The van der Waals surface area contributed by atoms with Crippen molar-refractivity contribution in [3.05, 3.63) is 11.6 Å². The molecule has 1 rings (SSSR count). The van der Waals surface area contributed by atoms with Crippen LogP contribution in [0.1, 0.15) is 19.8 Å². The molecule has 3 nitrogen and oxygen atoms in total. The Morgan fingerprint density at radius 1 is 1.83 bits per heavy atom. The molecule has 0 heterocycles. The molecule has 1 N–H and O–H groups in total. The predicted octanol–water partition coefficient (Wildman–Crippen LogP) is 1.44. The largest absolute Gasteiger partial charge is 0.478 e. The highest BCUT2D eigenvalue weighted by molar-refractivity contribution is 5.88. The Morgan fingerprint density at radius 2 is 2.50 bits per heavy atom. The van der Waals surface area contributed by atoms with Crippen LogP contribution in [0.2, 0.25) is 0 Å². The molecule has 3 heteroatoms. The smallest absolute Gasteiger partial charge is 0.331 e. The Labute approximate surface area is 72.0 Å². The highest BCUT2D eigenvalue weighted by Crippen LogP contribution is 2.28. The third-order valence-electron chi connectivity index (χ3n) is 2.03. The van der Waals surface area contributed by atoms with Crippen LogP contribution in [-0.2, 0) is 9.53 Å². The minimum atomic E-state index is -0.775. The first-order chi connectivity index (χ1) is 5.74. The maximum Gasteiger partial charge on any atom is 0.331 e. The highest BCUT2D eigenvalue weighted by atomic mass is 16.5. The zero-order chi connectivity index (χ0) is 8.97. The number of carboxylic acids is 1. The van der Waals surface area contributed by atoms with E-state index in [1.54, 1.807) is 0 Å². The fraction of sp³-hybridized carbons (Fsp3) is 0.667. The van der Waals surface area contributed by atoms with Crippen LogP contribution in [0.3, 0.4) is 0 Å². The molecule has 0 saturated heterocycles. The van der Waals surface area contributed by atoms with Gasteiger partial charge in [-0.25, -0.2) is 4.79 Å². The van der Waals surface area contributed by atoms with Crippen molar-refractivity contribution in [2.24, 2.45) is 5.92 Å². The van der Waals surface area contributed by atoms with E-state index in [1.165, 1.54) is 0 Å². The molecule has 0 amide bonds. The molecule has 0 bridgehead atoms. The second-order valence-corrected chi connectivity index (χ2v) is 2.95. The van der Waals surface area contributed by atoms with Crippen molar-refractivity contribution in [1.82, 2.24) is 0 Å². The number of rotatable bonds is 5. The lowest BCUT2D eigenvalue weighted by Crippen LogP contribution is -2.18. The molecule has 0 aromatic rings. The first-order valence-electron chi connectivity index (χ1n) is 4.25. The van der Waals surface area contributed by atoms with Crippen LogP contribution in [0.5, 0.6) is 0 Å². The molecular formula is C9H14O3. The zero-order valence-electron chi connectivity index (χ0n) is 7.25. The molecule has 1 aliphatic carbocycles. The van der Waals surface area contributed by atoms with Crippen molar-refractivity contribution < 1.29 is 14.6 Å². The molecule has 0 radical (unpaired) electrons. The van der Waals surface area contributed by atoms with E-state index in [-0.39, 0.29) is 0 Å². The molecule has 1 aliphatic rings. The van der Waals surface area contributed by atoms with Crippen molar-refractivity contribution in [2.75, 3.05) is 13.2 Å². The SMILES string of the molecule is CCOCCC1C=C(C(=O)O)C1. The zero-order valence-corrected chi connectivity index (χ0v) is 7.25. The van der Waals surface area contributed by atoms with E-state index in [9.17, 15) is 4.79 Å². The number of allylic oxidation sites excluding steroid dienone is 1. The van der Waals surface area contributed by atoms with E-state index in [2.05, 4.69) is 0 Å². The molecule has 0 spiro atoms. The van der Waals surface area contributed by atoms with Gasteiger partial charge in [0.1, 0.15) is 0 Å². The van der Waals surface area contributed by atoms with Crippen molar-refractivity contribution in [3.63, 3.8) is 0 Å². The standard InChI is InChI=1S/C9H14O3/c1-2-12-4-3-7-5-8(6-7)9(10)11/h5,7H,2-4,6H2,1H3,(H,10,11). The van der Waals surface area contributed by atoms with Crippen LogP contribution in [0.15, 0.2) is 11.6 Å². The highest BCUT2D eigenvalue weighted by Gasteiger charge is 2.23. The van der Waals surface area contributed by atoms with Gasteiger partial charge in [0.25, 0.3) is 0 Å². The number of aliphatic carboxylic acids is 1. The lowest BCUT2D eigenvalue weighted by molar-refractivity contribution is -0.133. The van der Waals surface area contributed by atoms with Gasteiger partial charge in [-0.05, 0) is 25.7 Å². The van der Waals surface area contributed by atoms with Crippen LogP contribution >= 0.6 is 0 Å². The first kappa shape index (κ1) is 9.26. The third kappa shape index (κ3) is 2.34. The summed E-state index contributed by atoms with van der Waals surface area (Å²) in [6, 6.07) is 0. The number of hydrogen-bond donors (Lipinski definition) is 1. The summed E-state index contributed by atoms with van der Waals surface area (Å²) in [6.45, 7) is 3.44. The molecule has 0 aromatic carbocycles. The van der Waals surface area contributed by atoms with Gasteiger partial charge >= 0.3 is 5.97 Å². The van der Waals surface area contributed by atoms with Gasteiger partial charge in [0.05, 0.1) is 0 Å². The van der Waals surface area contributed by atoms with Gasteiger partial charge in [0, 0.05) is 18.8 Å². The van der Waals surface area contributed by atoms with E-state index >= 15 is 0 Å².